The Labute approximate surface area is 116 Å². The molecule has 0 spiro atoms. The number of fused-ring (bicyclic) bond motifs is 1. The predicted octanol–water partition coefficient (Wildman–Crippen LogP) is 3.40. The summed E-state index contributed by atoms with van der Waals surface area (Å²) >= 11 is 6.30. The first-order chi connectivity index (χ1) is 9.29. The number of imidazole rings is 1. The molecule has 0 unspecified atom stereocenters. The Bertz CT molecular complexity index is 718. The number of para-hydroxylation sites is 2. The summed E-state index contributed by atoms with van der Waals surface area (Å²) in [5.41, 5.74) is 4.19. The maximum Gasteiger partial charge on any atom is 0.100 e. The molecular weight excluding hydrogens is 258 g/mol. The van der Waals surface area contributed by atoms with Crippen molar-refractivity contribution in [2.45, 2.75) is 6.54 Å². The van der Waals surface area contributed by atoms with Gasteiger partial charge in [0, 0.05) is 17.3 Å². The summed E-state index contributed by atoms with van der Waals surface area (Å²) < 4.78 is 2.05. The van der Waals surface area contributed by atoms with Crippen LogP contribution in [0.1, 0.15) is 5.56 Å². The van der Waals surface area contributed by atoms with Crippen LogP contribution in [0.2, 0.25) is 5.02 Å². The summed E-state index contributed by atoms with van der Waals surface area (Å²) in [6, 6.07) is 14.1. The van der Waals surface area contributed by atoms with Crippen LogP contribution in [0.5, 0.6) is 0 Å². The molecule has 1 N–H and O–H groups in total. The minimum Gasteiger partial charge on any atom is -0.316 e. The van der Waals surface area contributed by atoms with Crippen molar-refractivity contribution in [2.24, 2.45) is 0 Å². The van der Waals surface area contributed by atoms with Gasteiger partial charge in [-0.25, -0.2) is 4.98 Å². The largest absolute Gasteiger partial charge is 0.316 e. The van der Waals surface area contributed by atoms with Gasteiger partial charge in [-0.1, -0.05) is 29.8 Å². The SMILES string of the molecule is CNCc1ccc(-n2cnc3ccccc32)cc1Cl. The average Bonchev–Trinajstić information content (AvgIpc) is 2.85. The Morgan fingerprint density at radius 1 is 1.21 bits per heavy atom. The number of nitrogens with one attached hydrogen (secondary N) is 1. The Morgan fingerprint density at radius 3 is 2.84 bits per heavy atom. The van der Waals surface area contributed by atoms with Crippen molar-refractivity contribution in [3.63, 3.8) is 0 Å². The molecule has 0 aliphatic heterocycles. The lowest BCUT2D eigenvalue weighted by atomic mass is 10.2. The zero-order valence-corrected chi connectivity index (χ0v) is 11.4. The van der Waals surface area contributed by atoms with Crippen molar-refractivity contribution >= 4 is 22.6 Å². The lowest BCUT2D eigenvalue weighted by molar-refractivity contribution is 0.817. The van der Waals surface area contributed by atoms with Gasteiger partial charge in [0.05, 0.1) is 11.0 Å². The van der Waals surface area contributed by atoms with Crippen LogP contribution in [-0.2, 0) is 6.54 Å². The van der Waals surface area contributed by atoms with Gasteiger partial charge in [-0.05, 0) is 36.9 Å². The smallest absolute Gasteiger partial charge is 0.100 e. The van der Waals surface area contributed by atoms with Crippen molar-refractivity contribution in [3.8, 4) is 5.69 Å². The van der Waals surface area contributed by atoms with Crippen molar-refractivity contribution in [2.75, 3.05) is 7.05 Å². The normalized spacial score (nSPS) is 11.1. The Hall–Kier alpha value is -1.84. The molecule has 3 rings (SSSR count). The second-order valence-corrected chi connectivity index (χ2v) is 4.82. The van der Waals surface area contributed by atoms with E-state index in [-0.39, 0.29) is 0 Å². The third-order valence-corrected chi connectivity index (χ3v) is 3.49. The highest BCUT2D eigenvalue weighted by molar-refractivity contribution is 6.31. The number of hydrogen-bond donors (Lipinski definition) is 1. The van der Waals surface area contributed by atoms with Gasteiger partial charge in [0.25, 0.3) is 0 Å². The molecule has 0 bridgehead atoms. The highest BCUT2D eigenvalue weighted by atomic mass is 35.5. The number of nitrogens with zero attached hydrogens (tertiary/aromatic N) is 2. The van der Waals surface area contributed by atoms with E-state index >= 15 is 0 Å². The molecule has 0 radical (unpaired) electrons. The van der Waals surface area contributed by atoms with Crippen LogP contribution < -0.4 is 5.32 Å². The van der Waals surface area contributed by atoms with Gasteiger partial charge in [0.2, 0.25) is 0 Å². The maximum atomic E-state index is 6.30. The van der Waals surface area contributed by atoms with Gasteiger partial charge in [-0.15, -0.1) is 0 Å². The monoisotopic (exact) mass is 271 g/mol. The minimum absolute atomic E-state index is 0.768. The van der Waals surface area contributed by atoms with Gasteiger partial charge in [0.1, 0.15) is 6.33 Å². The third kappa shape index (κ3) is 2.23. The molecule has 3 nitrogen and oxygen atoms in total. The fourth-order valence-electron chi connectivity index (χ4n) is 2.18. The number of aromatic nitrogens is 2. The molecule has 19 heavy (non-hydrogen) atoms. The first-order valence-electron chi connectivity index (χ1n) is 6.15. The molecule has 3 aromatic rings. The van der Waals surface area contributed by atoms with Crippen LogP contribution in [0, 0.1) is 0 Å². The van der Waals surface area contributed by atoms with Crippen molar-refractivity contribution in [3.05, 3.63) is 59.4 Å². The maximum absolute atomic E-state index is 6.30. The van der Waals surface area contributed by atoms with E-state index in [0.717, 1.165) is 33.9 Å². The van der Waals surface area contributed by atoms with Crippen molar-refractivity contribution < 1.29 is 0 Å². The van der Waals surface area contributed by atoms with Crippen LogP contribution >= 0.6 is 11.6 Å². The van der Waals surface area contributed by atoms with Gasteiger partial charge in [0.15, 0.2) is 0 Å². The van der Waals surface area contributed by atoms with Crippen LogP contribution in [0.25, 0.3) is 16.7 Å². The number of hydrogen-bond acceptors (Lipinski definition) is 2. The van der Waals surface area contributed by atoms with Gasteiger partial charge in [-0.2, -0.15) is 0 Å². The molecule has 1 heterocycles. The van der Waals surface area contributed by atoms with Crippen molar-refractivity contribution in [1.29, 1.82) is 0 Å². The zero-order chi connectivity index (χ0) is 13.2. The quantitative estimate of drug-likeness (QED) is 0.791. The molecule has 0 aliphatic rings. The Balaban J connectivity index is 2.09. The second kappa shape index (κ2) is 5.03. The lowest BCUT2D eigenvalue weighted by Gasteiger charge is -2.08. The fourth-order valence-corrected chi connectivity index (χ4v) is 2.43. The van der Waals surface area contributed by atoms with E-state index in [1.165, 1.54) is 0 Å². The molecule has 1 aromatic heterocycles. The van der Waals surface area contributed by atoms with E-state index < -0.39 is 0 Å². The summed E-state index contributed by atoms with van der Waals surface area (Å²) in [6.45, 7) is 0.768. The molecule has 0 amide bonds. The molecule has 4 heteroatoms. The number of halogens is 1. The van der Waals surface area contributed by atoms with E-state index in [4.69, 9.17) is 11.6 Å². The van der Waals surface area contributed by atoms with E-state index in [0.29, 0.717) is 0 Å². The highest BCUT2D eigenvalue weighted by Gasteiger charge is 2.06. The predicted molar refractivity (Wildman–Crippen MR) is 78.8 cm³/mol. The van der Waals surface area contributed by atoms with E-state index in [1.54, 1.807) is 0 Å². The molecule has 0 atom stereocenters. The van der Waals surface area contributed by atoms with Crippen LogP contribution in [0.4, 0.5) is 0 Å². The molecule has 0 saturated carbocycles. The van der Waals surface area contributed by atoms with E-state index in [9.17, 15) is 0 Å². The molecular formula is C15H14ClN3. The molecule has 0 fully saturated rings. The zero-order valence-electron chi connectivity index (χ0n) is 10.6. The Morgan fingerprint density at radius 2 is 2.05 bits per heavy atom. The Kier molecular flexibility index (Phi) is 3.23. The molecule has 0 aliphatic carbocycles. The van der Waals surface area contributed by atoms with E-state index in [2.05, 4.69) is 22.4 Å². The van der Waals surface area contributed by atoms with E-state index in [1.807, 2.05) is 48.3 Å². The van der Waals surface area contributed by atoms with Gasteiger partial charge in [-0.3, -0.25) is 4.57 Å². The first-order valence-corrected chi connectivity index (χ1v) is 6.53. The van der Waals surface area contributed by atoms with Crippen LogP contribution in [0.3, 0.4) is 0 Å². The first kappa shape index (κ1) is 12.2. The molecule has 0 saturated heterocycles. The van der Waals surface area contributed by atoms with Crippen molar-refractivity contribution in [1.82, 2.24) is 14.9 Å². The molecule has 2 aromatic carbocycles. The fraction of sp³-hybridized carbons (Fsp3) is 0.133. The summed E-state index contributed by atoms with van der Waals surface area (Å²) in [4.78, 5) is 4.39. The van der Waals surface area contributed by atoms with Gasteiger partial charge < -0.3 is 5.32 Å². The van der Waals surface area contributed by atoms with Crippen LogP contribution in [-0.4, -0.2) is 16.6 Å². The molecule has 96 valence electrons. The third-order valence-electron chi connectivity index (χ3n) is 3.14. The topological polar surface area (TPSA) is 29.9 Å². The second-order valence-electron chi connectivity index (χ2n) is 4.41. The number of benzene rings is 2. The minimum atomic E-state index is 0.768. The lowest BCUT2D eigenvalue weighted by Crippen LogP contribution is -2.05. The summed E-state index contributed by atoms with van der Waals surface area (Å²) in [6.07, 6.45) is 1.83. The standard InChI is InChI=1S/C15H14ClN3/c1-17-9-11-6-7-12(8-13(11)16)19-10-18-14-4-2-3-5-15(14)19/h2-8,10,17H,9H2,1H3. The summed E-state index contributed by atoms with van der Waals surface area (Å²) in [5, 5.41) is 3.87. The highest BCUT2D eigenvalue weighted by Crippen LogP contribution is 2.23. The summed E-state index contributed by atoms with van der Waals surface area (Å²) in [7, 11) is 1.91. The average molecular weight is 272 g/mol. The van der Waals surface area contributed by atoms with Gasteiger partial charge >= 0.3 is 0 Å². The van der Waals surface area contributed by atoms with Crippen LogP contribution in [0.15, 0.2) is 48.8 Å². The summed E-state index contributed by atoms with van der Waals surface area (Å²) in [5.74, 6) is 0. The number of rotatable bonds is 3.